The molecule has 196 valence electrons. The molecule has 0 atom stereocenters. The number of fused-ring (bicyclic) bond motifs is 1. The number of carbonyl (C=O) groups is 1. The summed E-state index contributed by atoms with van der Waals surface area (Å²) in [5.41, 5.74) is 3.07. The average Bonchev–Trinajstić information content (AvgIpc) is 3.27. The number of hydrogen-bond donors (Lipinski definition) is 3. The second kappa shape index (κ2) is 12.8. The van der Waals surface area contributed by atoms with Crippen molar-refractivity contribution in [3.05, 3.63) is 52.8 Å². The first-order chi connectivity index (χ1) is 17.2. The Morgan fingerprint density at radius 3 is 2.44 bits per heavy atom. The van der Waals surface area contributed by atoms with Gasteiger partial charge in [-0.2, -0.15) is 13.2 Å². The van der Waals surface area contributed by atoms with Crippen LogP contribution in [-0.4, -0.2) is 47.4 Å². The molecule has 3 aromatic rings. The number of nitrogens with one attached hydrogen (secondary N) is 2. The molecule has 1 saturated heterocycles. The fourth-order valence-corrected chi connectivity index (χ4v) is 4.20. The number of piperidine rings is 1. The number of halogens is 4. The van der Waals surface area contributed by atoms with Crippen LogP contribution in [0.2, 0.25) is 5.02 Å². The fourth-order valence-electron chi connectivity index (χ4n) is 4.07. The van der Waals surface area contributed by atoms with Crippen molar-refractivity contribution in [2.75, 3.05) is 20.2 Å². The minimum Gasteiger partial charge on any atom is -0.494 e. The number of H-pyrrole nitrogens is 1. The largest absolute Gasteiger partial charge is 0.494 e. The summed E-state index contributed by atoms with van der Waals surface area (Å²) in [5.74, 6) is 0.516. The normalized spacial score (nSPS) is 14.2. The van der Waals surface area contributed by atoms with Crippen LogP contribution < -0.4 is 14.8 Å². The average molecular weight is 528 g/mol. The lowest BCUT2D eigenvalue weighted by Gasteiger charge is -2.22. The highest BCUT2D eigenvalue weighted by molar-refractivity contribution is 6.30. The van der Waals surface area contributed by atoms with Crippen LogP contribution in [0.3, 0.4) is 0 Å². The summed E-state index contributed by atoms with van der Waals surface area (Å²) >= 11 is 5.92. The standard InChI is InChI=1S/C23H28ClN3O2.C2HF3O2/c1-28-23-17(4-2-3-16-11-13-25-14-12-16)5-10-20-22(23)27-21(26-20)15-29-19-8-6-18(24)7-9-19;3-2(4,5)1(6)7/h5-10,16,25H,2-4,11-15H2,1H3,(H,26,27);(H,6,7). The number of hydrogen-bond acceptors (Lipinski definition) is 5. The van der Waals surface area contributed by atoms with Crippen molar-refractivity contribution < 1.29 is 32.5 Å². The van der Waals surface area contributed by atoms with E-state index in [2.05, 4.69) is 22.4 Å². The van der Waals surface area contributed by atoms with E-state index in [1.165, 1.54) is 31.2 Å². The summed E-state index contributed by atoms with van der Waals surface area (Å²) in [6.45, 7) is 2.69. The van der Waals surface area contributed by atoms with Crippen LogP contribution in [0.5, 0.6) is 11.5 Å². The smallest absolute Gasteiger partial charge is 0.490 e. The molecular formula is C25H29ClF3N3O4. The van der Waals surface area contributed by atoms with Crippen molar-refractivity contribution >= 4 is 28.6 Å². The Morgan fingerprint density at radius 1 is 1.17 bits per heavy atom. The Balaban J connectivity index is 0.000000454. The van der Waals surface area contributed by atoms with Gasteiger partial charge in [-0.15, -0.1) is 0 Å². The number of aryl methyl sites for hydroxylation is 1. The number of alkyl halides is 3. The van der Waals surface area contributed by atoms with Crippen molar-refractivity contribution in [2.24, 2.45) is 5.92 Å². The van der Waals surface area contributed by atoms with Crippen LogP contribution >= 0.6 is 11.6 Å². The summed E-state index contributed by atoms with van der Waals surface area (Å²) in [5, 5.41) is 11.3. The molecule has 4 rings (SSSR count). The lowest BCUT2D eigenvalue weighted by Crippen LogP contribution is -2.27. The van der Waals surface area contributed by atoms with Gasteiger partial charge in [-0.3, -0.25) is 0 Å². The molecule has 1 aliphatic heterocycles. The van der Waals surface area contributed by atoms with Gasteiger partial charge in [-0.1, -0.05) is 24.1 Å². The van der Waals surface area contributed by atoms with Crippen molar-refractivity contribution in [1.82, 2.24) is 15.3 Å². The van der Waals surface area contributed by atoms with E-state index in [4.69, 9.17) is 36.0 Å². The van der Waals surface area contributed by atoms with Gasteiger partial charge in [0.2, 0.25) is 0 Å². The number of aromatic nitrogens is 2. The van der Waals surface area contributed by atoms with E-state index in [0.29, 0.717) is 11.6 Å². The SMILES string of the molecule is COc1c(CCCC2CCNCC2)ccc2[nH]c(COc3ccc(Cl)cc3)nc12.O=C(O)C(F)(F)F. The summed E-state index contributed by atoms with van der Waals surface area (Å²) in [6.07, 6.45) is 0.999. The zero-order valence-electron chi connectivity index (χ0n) is 19.8. The number of carboxylic acids is 1. The fraction of sp³-hybridized carbons (Fsp3) is 0.440. The summed E-state index contributed by atoms with van der Waals surface area (Å²) in [7, 11) is 1.73. The highest BCUT2D eigenvalue weighted by Gasteiger charge is 2.38. The van der Waals surface area contributed by atoms with Gasteiger partial charge in [0.15, 0.2) is 0 Å². The van der Waals surface area contributed by atoms with Crippen molar-refractivity contribution in [1.29, 1.82) is 0 Å². The van der Waals surface area contributed by atoms with E-state index < -0.39 is 12.1 Å². The minimum absolute atomic E-state index is 0.366. The van der Waals surface area contributed by atoms with E-state index in [1.54, 1.807) is 7.11 Å². The maximum atomic E-state index is 10.6. The maximum absolute atomic E-state index is 10.6. The molecule has 3 N–H and O–H groups in total. The number of imidazole rings is 1. The zero-order valence-corrected chi connectivity index (χ0v) is 20.6. The summed E-state index contributed by atoms with van der Waals surface area (Å²) < 4.78 is 43.3. The van der Waals surface area contributed by atoms with E-state index in [9.17, 15) is 13.2 Å². The Labute approximate surface area is 212 Å². The van der Waals surface area contributed by atoms with Crippen LogP contribution in [0.1, 0.15) is 37.1 Å². The molecule has 11 heteroatoms. The van der Waals surface area contributed by atoms with Gasteiger partial charge in [-0.25, -0.2) is 9.78 Å². The first-order valence-electron chi connectivity index (χ1n) is 11.6. The third-order valence-electron chi connectivity index (χ3n) is 5.89. The van der Waals surface area contributed by atoms with Crippen LogP contribution in [-0.2, 0) is 17.8 Å². The van der Waals surface area contributed by atoms with E-state index in [1.807, 2.05) is 24.3 Å². The Kier molecular flexibility index (Phi) is 9.83. The third-order valence-corrected chi connectivity index (χ3v) is 6.14. The Morgan fingerprint density at radius 2 is 1.83 bits per heavy atom. The van der Waals surface area contributed by atoms with Crippen LogP contribution in [0.25, 0.3) is 11.0 Å². The van der Waals surface area contributed by atoms with Crippen molar-refractivity contribution in [2.45, 2.75) is 44.9 Å². The van der Waals surface area contributed by atoms with E-state index in [0.717, 1.165) is 53.8 Å². The zero-order chi connectivity index (χ0) is 26.1. The molecule has 7 nitrogen and oxygen atoms in total. The van der Waals surface area contributed by atoms with Crippen LogP contribution in [0.15, 0.2) is 36.4 Å². The molecule has 0 saturated carbocycles. The molecule has 0 bridgehead atoms. The number of aromatic amines is 1. The molecule has 1 aromatic heterocycles. The number of methoxy groups -OCH3 is 1. The van der Waals surface area contributed by atoms with Gasteiger partial charge in [0.05, 0.1) is 12.6 Å². The molecule has 0 aliphatic carbocycles. The molecule has 1 aliphatic rings. The number of carboxylic acid groups (broad SMARTS) is 1. The first kappa shape index (κ1) is 27.6. The maximum Gasteiger partial charge on any atom is 0.490 e. The van der Waals surface area contributed by atoms with Gasteiger partial charge in [0, 0.05) is 5.02 Å². The number of benzene rings is 2. The lowest BCUT2D eigenvalue weighted by atomic mass is 9.91. The predicted molar refractivity (Wildman–Crippen MR) is 131 cm³/mol. The highest BCUT2D eigenvalue weighted by atomic mass is 35.5. The summed E-state index contributed by atoms with van der Waals surface area (Å²) in [4.78, 5) is 17.0. The molecule has 36 heavy (non-hydrogen) atoms. The number of aliphatic carboxylic acids is 1. The minimum atomic E-state index is -5.08. The molecule has 0 radical (unpaired) electrons. The van der Waals surface area contributed by atoms with E-state index >= 15 is 0 Å². The second-order valence-corrected chi connectivity index (χ2v) is 8.91. The third kappa shape index (κ3) is 8.03. The molecular weight excluding hydrogens is 499 g/mol. The van der Waals surface area contributed by atoms with Gasteiger partial charge in [-0.05, 0) is 80.6 Å². The molecule has 0 unspecified atom stereocenters. The monoisotopic (exact) mass is 527 g/mol. The Bertz CT molecular complexity index is 1130. The lowest BCUT2D eigenvalue weighted by molar-refractivity contribution is -0.192. The van der Waals surface area contributed by atoms with Crippen LogP contribution in [0, 0.1) is 5.92 Å². The molecule has 0 spiro atoms. The molecule has 1 fully saturated rings. The van der Waals surface area contributed by atoms with Gasteiger partial charge >= 0.3 is 12.1 Å². The number of rotatable bonds is 8. The Hall–Kier alpha value is -2.98. The highest BCUT2D eigenvalue weighted by Crippen LogP contribution is 2.30. The number of nitrogens with zero attached hydrogens (tertiary/aromatic N) is 1. The van der Waals surface area contributed by atoms with Gasteiger partial charge in [0.25, 0.3) is 0 Å². The van der Waals surface area contributed by atoms with Crippen molar-refractivity contribution in [3.63, 3.8) is 0 Å². The van der Waals surface area contributed by atoms with Crippen LogP contribution in [0.4, 0.5) is 13.2 Å². The van der Waals surface area contributed by atoms with Gasteiger partial charge < -0.3 is 24.9 Å². The number of ether oxygens (including phenoxy) is 2. The molecule has 2 aromatic carbocycles. The molecule has 0 amide bonds. The molecule has 2 heterocycles. The first-order valence-corrected chi connectivity index (χ1v) is 12.0. The summed E-state index contributed by atoms with van der Waals surface area (Å²) in [6, 6.07) is 11.6. The van der Waals surface area contributed by atoms with Crippen molar-refractivity contribution in [3.8, 4) is 11.5 Å². The quantitative estimate of drug-likeness (QED) is 0.345. The van der Waals surface area contributed by atoms with E-state index in [-0.39, 0.29) is 0 Å². The second-order valence-electron chi connectivity index (χ2n) is 8.47. The van der Waals surface area contributed by atoms with Gasteiger partial charge in [0.1, 0.15) is 29.4 Å². The predicted octanol–water partition coefficient (Wildman–Crippen LogP) is 5.76. The topological polar surface area (TPSA) is 96.5 Å².